The van der Waals surface area contributed by atoms with Gasteiger partial charge in [0.05, 0.1) is 39.8 Å². The van der Waals surface area contributed by atoms with Gasteiger partial charge in [-0.15, -0.1) is 0 Å². The van der Waals surface area contributed by atoms with E-state index in [2.05, 4.69) is 6.08 Å². The van der Waals surface area contributed by atoms with Crippen LogP contribution in [0.3, 0.4) is 0 Å². The molecular weight excluding hydrogens is 322 g/mol. The average Bonchev–Trinajstić information content (AvgIpc) is 2.94. The van der Waals surface area contributed by atoms with Gasteiger partial charge in [-0.05, 0) is 29.7 Å². The molecule has 0 saturated carbocycles. The molecule has 1 fully saturated rings. The van der Waals surface area contributed by atoms with Crippen LogP contribution in [0.15, 0.2) is 23.8 Å². The molecular formula is C19H25NO5. The minimum absolute atomic E-state index is 0.00575. The molecule has 0 N–H and O–H groups in total. The summed E-state index contributed by atoms with van der Waals surface area (Å²) in [4.78, 5) is 0. The number of fused-ring (bicyclic) bond motifs is 5. The summed E-state index contributed by atoms with van der Waals surface area (Å²) in [6, 6.07) is 3.82. The van der Waals surface area contributed by atoms with E-state index in [1.165, 1.54) is 5.57 Å². The fourth-order valence-corrected chi connectivity index (χ4v) is 4.73. The molecule has 136 valence electrons. The third-order valence-corrected chi connectivity index (χ3v) is 5.88. The summed E-state index contributed by atoms with van der Waals surface area (Å²) in [6.45, 7) is 0.621. The molecule has 2 aliphatic heterocycles. The topological polar surface area (TPSA) is 60.0 Å². The number of quaternary nitrogens is 1. The van der Waals surface area contributed by atoms with Crippen LogP contribution in [0.2, 0.25) is 0 Å². The molecule has 1 aromatic rings. The van der Waals surface area contributed by atoms with Gasteiger partial charge >= 0.3 is 0 Å². The monoisotopic (exact) mass is 347 g/mol. The fourth-order valence-electron chi connectivity index (χ4n) is 4.73. The van der Waals surface area contributed by atoms with Crippen molar-refractivity contribution in [1.82, 2.24) is 0 Å². The van der Waals surface area contributed by atoms with Gasteiger partial charge in [0.15, 0.2) is 17.8 Å². The van der Waals surface area contributed by atoms with E-state index in [9.17, 15) is 5.21 Å². The van der Waals surface area contributed by atoms with Crippen molar-refractivity contribution >= 4 is 0 Å². The largest absolute Gasteiger partial charge is 0.633 e. The molecule has 0 aromatic heterocycles. The Bertz CT molecular complexity index is 714. The molecule has 2 heterocycles. The molecule has 1 aliphatic carbocycles. The molecule has 0 amide bonds. The maximum Gasteiger partial charge on any atom is 0.184 e. The standard InChI is InChI=1S/C19H25NO5/c1-20(21)8-7-11-5-6-14-17(18(11)20)12-9-15(22-2)16(23-3)10-13(12)19(24-4)25-14/h5,9-10,14,17-19H,6-8H2,1-4H3/t14-,17-,18-,19?,20?/m1/s1. The number of hydrogen-bond acceptors (Lipinski definition) is 5. The number of hydroxylamine groups is 3. The molecule has 0 bridgehead atoms. The Labute approximate surface area is 148 Å². The summed E-state index contributed by atoms with van der Waals surface area (Å²) in [5.74, 6) is 1.32. The predicted octanol–water partition coefficient (Wildman–Crippen LogP) is 2.88. The molecule has 0 radical (unpaired) electrons. The van der Waals surface area contributed by atoms with Gasteiger partial charge < -0.3 is 28.8 Å². The highest BCUT2D eigenvalue weighted by molar-refractivity contribution is 5.51. The van der Waals surface area contributed by atoms with E-state index in [1.54, 1.807) is 28.4 Å². The van der Waals surface area contributed by atoms with Crippen LogP contribution in [-0.2, 0) is 9.47 Å². The lowest BCUT2D eigenvalue weighted by Crippen LogP contribution is -2.52. The Morgan fingerprint density at radius 2 is 1.80 bits per heavy atom. The third kappa shape index (κ3) is 2.47. The fraction of sp³-hybridized carbons (Fsp3) is 0.579. The van der Waals surface area contributed by atoms with Crippen molar-refractivity contribution in [3.8, 4) is 11.5 Å². The van der Waals surface area contributed by atoms with Crippen LogP contribution in [0.5, 0.6) is 11.5 Å². The van der Waals surface area contributed by atoms with Gasteiger partial charge in [-0.1, -0.05) is 6.08 Å². The molecule has 6 nitrogen and oxygen atoms in total. The van der Waals surface area contributed by atoms with E-state index in [0.717, 1.165) is 24.0 Å². The first-order valence-electron chi connectivity index (χ1n) is 8.69. The van der Waals surface area contributed by atoms with E-state index in [-0.39, 0.29) is 22.7 Å². The molecule has 25 heavy (non-hydrogen) atoms. The van der Waals surface area contributed by atoms with E-state index in [0.29, 0.717) is 18.0 Å². The van der Waals surface area contributed by atoms with Crippen molar-refractivity contribution < 1.29 is 23.6 Å². The smallest absolute Gasteiger partial charge is 0.184 e. The van der Waals surface area contributed by atoms with E-state index in [4.69, 9.17) is 18.9 Å². The zero-order chi connectivity index (χ0) is 17.8. The molecule has 6 heteroatoms. The van der Waals surface area contributed by atoms with Crippen LogP contribution in [-0.4, -0.2) is 51.7 Å². The van der Waals surface area contributed by atoms with Gasteiger partial charge in [0.2, 0.25) is 0 Å². The Morgan fingerprint density at radius 3 is 2.44 bits per heavy atom. The Morgan fingerprint density at radius 1 is 1.12 bits per heavy atom. The van der Waals surface area contributed by atoms with E-state index in [1.807, 2.05) is 12.1 Å². The lowest BCUT2D eigenvalue weighted by molar-refractivity contribution is -0.872. The van der Waals surface area contributed by atoms with Crippen molar-refractivity contribution in [2.75, 3.05) is 34.9 Å². The maximum atomic E-state index is 13.1. The lowest BCUT2D eigenvalue weighted by Gasteiger charge is -2.50. The summed E-state index contributed by atoms with van der Waals surface area (Å²) < 4.78 is 22.5. The van der Waals surface area contributed by atoms with Crippen LogP contribution < -0.4 is 9.47 Å². The zero-order valence-corrected chi connectivity index (χ0v) is 15.2. The van der Waals surface area contributed by atoms with Crippen molar-refractivity contribution in [2.45, 2.75) is 37.2 Å². The third-order valence-electron chi connectivity index (χ3n) is 5.88. The highest BCUT2D eigenvalue weighted by Crippen LogP contribution is 2.52. The van der Waals surface area contributed by atoms with Crippen LogP contribution in [0.1, 0.15) is 36.2 Å². The first-order valence-corrected chi connectivity index (χ1v) is 8.69. The van der Waals surface area contributed by atoms with Gasteiger partial charge in [0.1, 0.15) is 6.04 Å². The highest BCUT2D eigenvalue weighted by atomic mass is 16.7. The molecule has 0 spiro atoms. The van der Waals surface area contributed by atoms with Gasteiger partial charge in [-0.3, -0.25) is 0 Å². The first-order chi connectivity index (χ1) is 12.0. The van der Waals surface area contributed by atoms with Gasteiger partial charge in [0.25, 0.3) is 0 Å². The van der Waals surface area contributed by atoms with E-state index >= 15 is 0 Å². The van der Waals surface area contributed by atoms with Crippen LogP contribution in [0.25, 0.3) is 0 Å². The Hall–Kier alpha value is -1.60. The van der Waals surface area contributed by atoms with Crippen molar-refractivity contribution in [3.63, 3.8) is 0 Å². The number of likely N-dealkylation sites (N-methyl/N-ethyl adjacent to an activating group) is 1. The summed E-state index contributed by atoms with van der Waals surface area (Å²) in [5.41, 5.74) is 3.27. The predicted molar refractivity (Wildman–Crippen MR) is 92.4 cm³/mol. The summed E-state index contributed by atoms with van der Waals surface area (Å²) in [7, 11) is 6.66. The van der Waals surface area contributed by atoms with Gasteiger partial charge in [-0.25, -0.2) is 0 Å². The molecule has 1 aromatic carbocycles. The number of ether oxygens (including phenoxy) is 4. The second-order valence-corrected chi connectivity index (χ2v) is 7.21. The lowest BCUT2D eigenvalue weighted by atomic mass is 9.74. The Kier molecular flexibility index (Phi) is 4.03. The molecule has 2 unspecified atom stereocenters. The number of hydrogen-bond donors (Lipinski definition) is 0. The maximum absolute atomic E-state index is 13.1. The number of benzene rings is 1. The average molecular weight is 347 g/mol. The molecule has 1 saturated heterocycles. The molecule has 5 atom stereocenters. The minimum Gasteiger partial charge on any atom is -0.633 e. The normalized spacial score (nSPS) is 36.1. The van der Waals surface area contributed by atoms with Crippen molar-refractivity contribution in [1.29, 1.82) is 0 Å². The molecule has 3 aliphatic rings. The Balaban J connectivity index is 1.89. The van der Waals surface area contributed by atoms with Crippen molar-refractivity contribution in [3.05, 3.63) is 40.1 Å². The highest BCUT2D eigenvalue weighted by Gasteiger charge is 2.51. The number of likely N-dealkylation sites (tertiary alicyclic amines) is 1. The summed E-state index contributed by atoms with van der Waals surface area (Å²) >= 11 is 0. The minimum atomic E-state index is -0.460. The zero-order valence-electron chi connectivity index (χ0n) is 15.2. The summed E-state index contributed by atoms with van der Waals surface area (Å²) in [6.07, 6.45) is 3.35. The second-order valence-electron chi connectivity index (χ2n) is 7.21. The molecule has 4 rings (SSSR count). The number of nitrogens with zero attached hydrogens (tertiary/aromatic N) is 1. The van der Waals surface area contributed by atoms with E-state index < -0.39 is 6.29 Å². The number of rotatable bonds is 3. The van der Waals surface area contributed by atoms with Gasteiger partial charge in [0, 0.05) is 19.1 Å². The van der Waals surface area contributed by atoms with Crippen LogP contribution >= 0.6 is 0 Å². The first kappa shape index (κ1) is 16.8. The van der Waals surface area contributed by atoms with Crippen molar-refractivity contribution in [2.24, 2.45) is 0 Å². The summed E-state index contributed by atoms with van der Waals surface area (Å²) in [5, 5.41) is 13.1. The van der Waals surface area contributed by atoms with Crippen LogP contribution in [0, 0.1) is 5.21 Å². The van der Waals surface area contributed by atoms with Crippen LogP contribution in [0.4, 0.5) is 0 Å². The second kappa shape index (κ2) is 5.99. The van der Waals surface area contributed by atoms with Gasteiger partial charge in [-0.2, -0.15) is 0 Å². The number of methoxy groups -OCH3 is 3. The quantitative estimate of drug-likeness (QED) is 0.478. The SMILES string of the molecule is COc1cc2c(cc1OC)[C@H]1[C@H]3C(=CC[C@H]1OC2OC)CC[N+]3(C)[O-].